The second-order valence-electron chi connectivity index (χ2n) is 5.21. The number of rotatable bonds is 3. The van der Waals surface area contributed by atoms with Gasteiger partial charge < -0.3 is 15.5 Å². The molecule has 0 bridgehead atoms. The molecule has 0 radical (unpaired) electrons. The lowest BCUT2D eigenvalue weighted by molar-refractivity contribution is -0.147. The molecular weight excluding hydrogens is 276 g/mol. The summed E-state index contributed by atoms with van der Waals surface area (Å²) >= 11 is 0. The van der Waals surface area contributed by atoms with Gasteiger partial charge in [-0.2, -0.15) is 0 Å². The minimum atomic E-state index is -1.53. The summed E-state index contributed by atoms with van der Waals surface area (Å²) in [6.45, 7) is 1.30. The first kappa shape index (κ1) is 14.8. The number of hydrogen-bond acceptors (Lipinski definition) is 3. The van der Waals surface area contributed by atoms with Crippen molar-refractivity contribution in [2.24, 2.45) is 0 Å². The van der Waals surface area contributed by atoms with E-state index in [2.05, 4.69) is 5.32 Å². The summed E-state index contributed by atoms with van der Waals surface area (Å²) in [7, 11) is 0. The molecule has 21 heavy (non-hydrogen) atoms. The van der Waals surface area contributed by atoms with Crippen LogP contribution in [0.3, 0.4) is 0 Å². The summed E-state index contributed by atoms with van der Waals surface area (Å²) in [6, 6.07) is 7.95. The van der Waals surface area contributed by atoms with Crippen LogP contribution < -0.4 is 5.32 Å². The molecule has 2 rings (SSSR count). The monoisotopic (exact) mass is 292 g/mol. The Morgan fingerprint density at radius 1 is 1.24 bits per heavy atom. The lowest BCUT2D eigenvalue weighted by Gasteiger charge is -2.27. The molecule has 0 spiro atoms. The Hall–Kier alpha value is -2.57. The Balaban J connectivity index is 2.12. The molecule has 2 atom stereocenters. The van der Waals surface area contributed by atoms with Crippen LogP contribution in [0.25, 0.3) is 0 Å². The normalized spacial score (nSPS) is 24.6. The van der Waals surface area contributed by atoms with Crippen molar-refractivity contribution in [3.63, 3.8) is 0 Å². The summed E-state index contributed by atoms with van der Waals surface area (Å²) in [5.41, 5.74) is -1.08. The number of aliphatic carboxylic acids is 1. The number of benzene rings is 1. The van der Waals surface area contributed by atoms with E-state index in [1.165, 1.54) is 6.92 Å². The highest BCUT2D eigenvalue weighted by Gasteiger charge is 2.50. The number of likely N-dealkylation sites (tertiary alicyclic amines) is 1. The lowest BCUT2D eigenvalue weighted by Crippen LogP contribution is -2.50. The predicted octanol–water partition coefficient (Wildman–Crippen LogP) is 1.01. The summed E-state index contributed by atoms with van der Waals surface area (Å²) in [4.78, 5) is 35.4. The van der Waals surface area contributed by atoms with Crippen LogP contribution in [0.4, 0.5) is 4.79 Å². The molecule has 1 fully saturated rings. The average molecular weight is 292 g/mol. The Bertz CT molecular complexity index is 574. The lowest BCUT2D eigenvalue weighted by atomic mass is 9.97. The van der Waals surface area contributed by atoms with Crippen molar-refractivity contribution in [2.45, 2.75) is 24.9 Å². The zero-order chi connectivity index (χ0) is 15.6. The van der Waals surface area contributed by atoms with E-state index in [0.29, 0.717) is 5.56 Å². The van der Waals surface area contributed by atoms with E-state index in [9.17, 15) is 19.5 Å². The number of hydrogen-bond donors (Lipinski definition) is 3. The van der Waals surface area contributed by atoms with Gasteiger partial charge in [0.15, 0.2) is 0 Å². The van der Waals surface area contributed by atoms with Gasteiger partial charge in [-0.3, -0.25) is 9.69 Å². The van der Waals surface area contributed by atoms with E-state index in [1.54, 1.807) is 30.3 Å². The molecule has 1 aromatic rings. The van der Waals surface area contributed by atoms with Crippen LogP contribution in [-0.4, -0.2) is 51.2 Å². The van der Waals surface area contributed by atoms with Gasteiger partial charge in [-0.15, -0.1) is 0 Å². The average Bonchev–Trinajstić information content (AvgIpc) is 2.78. The molecule has 112 valence electrons. The van der Waals surface area contributed by atoms with Gasteiger partial charge in [0, 0.05) is 24.6 Å². The molecule has 0 aromatic heterocycles. The van der Waals surface area contributed by atoms with Gasteiger partial charge in [0.2, 0.25) is 0 Å². The van der Waals surface area contributed by atoms with Gasteiger partial charge in [-0.25, -0.2) is 9.59 Å². The van der Waals surface area contributed by atoms with Gasteiger partial charge >= 0.3 is 12.1 Å². The maximum atomic E-state index is 12.0. The van der Waals surface area contributed by atoms with Crippen molar-refractivity contribution in [1.29, 1.82) is 0 Å². The summed E-state index contributed by atoms with van der Waals surface area (Å²) in [5.74, 6) is -1.57. The van der Waals surface area contributed by atoms with Crippen molar-refractivity contribution in [3.05, 3.63) is 35.9 Å². The third-order valence-electron chi connectivity index (χ3n) is 3.71. The first-order valence-electron chi connectivity index (χ1n) is 6.44. The fourth-order valence-electron chi connectivity index (χ4n) is 2.52. The Labute approximate surface area is 121 Å². The third-order valence-corrected chi connectivity index (χ3v) is 3.71. The maximum absolute atomic E-state index is 12.0. The molecular formula is C14H16N2O5. The number of carboxylic acids is 1. The Kier molecular flexibility index (Phi) is 3.84. The summed E-state index contributed by atoms with van der Waals surface area (Å²) < 4.78 is 0. The molecule has 1 aromatic carbocycles. The third kappa shape index (κ3) is 2.81. The quantitative estimate of drug-likeness (QED) is 0.770. The van der Waals surface area contributed by atoms with E-state index in [-0.39, 0.29) is 18.9 Å². The number of nitrogens with one attached hydrogen (secondary N) is 1. The van der Waals surface area contributed by atoms with Crippen LogP contribution in [0.5, 0.6) is 0 Å². The zero-order valence-electron chi connectivity index (χ0n) is 11.4. The maximum Gasteiger partial charge on any atom is 0.408 e. The van der Waals surface area contributed by atoms with Crippen molar-refractivity contribution in [3.8, 4) is 0 Å². The fraction of sp³-hybridized carbons (Fsp3) is 0.357. The zero-order valence-corrected chi connectivity index (χ0v) is 11.4. The highest BCUT2D eigenvalue weighted by Crippen LogP contribution is 2.29. The smallest absolute Gasteiger partial charge is 0.408 e. The van der Waals surface area contributed by atoms with Crippen molar-refractivity contribution >= 4 is 18.0 Å². The largest absolute Gasteiger partial charge is 0.480 e. The molecule has 3 N–H and O–H groups in total. The molecule has 0 aliphatic carbocycles. The molecule has 1 aliphatic heterocycles. The van der Waals surface area contributed by atoms with Crippen molar-refractivity contribution in [1.82, 2.24) is 10.2 Å². The Morgan fingerprint density at radius 3 is 2.33 bits per heavy atom. The fourth-order valence-corrected chi connectivity index (χ4v) is 2.52. The van der Waals surface area contributed by atoms with Crippen LogP contribution in [0.2, 0.25) is 0 Å². The number of carboxylic acid groups (broad SMARTS) is 2. The molecule has 2 amide bonds. The number of nitrogens with zero attached hydrogens (tertiary/aromatic N) is 1. The first-order chi connectivity index (χ1) is 9.84. The van der Waals surface area contributed by atoms with Gasteiger partial charge in [-0.05, 0) is 19.1 Å². The van der Waals surface area contributed by atoms with E-state index >= 15 is 0 Å². The number of carbonyl (C=O) groups is 3. The molecule has 2 unspecified atom stereocenters. The van der Waals surface area contributed by atoms with Crippen LogP contribution in [0, 0.1) is 0 Å². The molecule has 7 nitrogen and oxygen atoms in total. The van der Waals surface area contributed by atoms with Crippen molar-refractivity contribution in [2.75, 3.05) is 6.54 Å². The highest BCUT2D eigenvalue weighted by atomic mass is 16.4. The molecule has 1 aliphatic rings. The number of carbonyl (C=O) groups excluding carboxylic acids is 1. The Morgan fingerprint density at radius 2 is 1.86 bits per heavy atom. The van der Waals surface area contributed by atoms with E-state index in [1.807, 2.05) is 0 Å². The van der Waals surface area contributed by atoms with Crippen molar-refractivity contribution < 1.29 is 24.6 Å². The van der Waals surface area contributed by atoms with Gasteiger partial charge in [0.05, 0.1) is 0 Å². The number of amides is 2. The SMILES string of the molecule is CC1(C(=O)O)CC(NC(=O)c2ccccc2)CN1C(=O)O. The van der Waals surface area contributed by atoms with Crippen LogP contribution in [0.15, 0.2) is 30.3 Å². The minimum absolute atomic E-state index is 0.0349. The van der Waals surface area contributed by atoms with Gasteiger partial charge in [0.25, 0.3) is 5.91 Å². The van der Waals surface area contributed by atoms with Crippen LogP contribution in [-0.2, 0) is 4.79 Å². The minimum Gasteiger partial charge on any atom is -0.480 e. The van der Waals surface area contributed by atoms with E-state index in [4.69, 9.17) is 5.11 Å². The summed E-state index contributed by atoms with van der Waals surface area (Å²) in [5, 5.41) is 21.0. The first-order valence-corrected chi connectivity index (χ1v) is 6.44. The van der Waals surface area contributed by atoms with Gasteiger partial charge in [-0.1, -0.05) is 18.2 Å². The van der Waals surface area contributed by atoms with E-state index < -0.39 is 23.6 Å². The molecule has 0 saturated carbocycles. The topological polar surface area (TPSA) is 107 Å². The van der Waals surface area contributed by atoms with Crippen LogP contribution >= 0.6 is 0 Å². The van der Waals surface area contributed by atoms with Gasteiger partial charge in [0.1, 0.15) is 5.54 Å². The summed E-state index contributed by atoms with van der Waals surface area (Å²) in [6.07, 6.45) is -1.27. The van der Waals surface area contributed by atoms with E-state index in [0.717, 1.165) is 4.90 Å². The predicted molar refractivity (Wildman–Crippen MR) is 73.1 cm³/mol. The standard InChI is InChI=1S/C14H16N2O5/c1-14(12(18)19)7-10(8-16(14)13(20)21)15-11(17)9-5-3-2-4-6-9/h2-6,10H,7-8H2,1H3,(H,15,17)(H,18,19)(H,20,21). The van der Waals surface area contributed by atoms with Crippen LogP contribution in [0.1, 0.15) is 23.7 Å². The second-order valence-corrected chi connectivity index (χ2v) is 5.21. The molecule has 1 heterocycles. The second kappa shape index (κ2) is 5.43. The highest BCUT2D eigenvalue weighted by molar-refractivity contribution is 5.94. The molecule has 1 saturated heterocycles. The molecule has 7 heteroatoms.